The molecule has 0 unspecified atom stereocenters. The van der Waals surface area contributed by atoms with Gasteiger partial charge in [-0.15, -0.1) is 0 Å². The molecule has 3 rings (SSSR count). The molecule has 0 radical (unpaired) electrons. The molecule has 0 aliphatic carbocycles. The molecule has 3 aromatic carbocycles. The minimum absolute atomic E-state index is 0.0351. The third-order valence-corrected chi connectivity index (χ3v) is 6.58. The summed E-state index contributed by atoms with van der Waals surface area (Å²) in [6, 6.07) is 14.8. The summed E-state index contributed by atoms with van der Waals surface area (Å²) in [5.41, 5.74) is 3.54. The lowest BCUT2D eigenvalue weighted by atomic mass is 10.1. The van der Waals surface area contributed by atoms with Crippen LogP contribution in [0.2, 0.25) is 5.02 Å². The molecule has 31 heavy (non-hydrogen) atoms. The van der Waals surface area contributed by atoms with Crippen LogP contribution in [0.25, 0.3) is 0 Å². The quantitative estimate of drug-likeness (QED) is 0.523. The maximum Gasteiger partial charge on any atom is 0.262 e. The van der Waals surface area contributed by atoms with E-state index in [0.29, 0.717) is 27.7 Å². The molecule has 0 fully saturated rings. The number of hydrogen-bond donors (Lipinski definition) is 2. The van der Waals surface area contributed by atoms with E-state index >= 15 is 0 Å². The number of methoxy groups -OCH3 is 1. The SMILES string of the molecule is COc1ccc(NC(=O)c2ccc(C)c(S(=O)(=O)Nc3ccc(C)cc3C)c2)cc1Cl. The summed E-state index contributed by atoms with van der Waals surface area (Å²) < 4.78 is 33.8. The van der Waals surface area contributed by atoms with Gasteiger partial charge in [0.05, 0.1) is 22.7 Å². The van der Waals surface area contributed by atoms with Gasteiger partial charge in [0.2, 0.25) is 0 Å². The van der Waals surface area contributed by atoms with Crippen molar-refractivity contribution in [2.24, 2.45) is 0 Å². The second kappa shape index (κ2) is 8.99. The Morgan fingerprint density at radius 2 is 1.68 bits per heavy atom. The Labute approximate surface area is 187 Å². The van der Waals surface area contributed by atoms with E-state index in [1.807, 2.05) is 26.0 Å². The van der Waals surface area contributed by atoms with Crippen molar-refractivity contribution in [3.8, 4) is 5.75 Å². The van der Waals surface area contributed by atoms with E-state index in [2.05, 4.69) is 10.0 Å². The predicted molar refractivity (Wildman–Crippen MR) is 124 cm³/mol. The summed E-state index contributed by atoms with van der Waals surface area (Å²) in [5.74, 6) is 0.0325. The molecule has 0 saturated carbocycles. The van der Waals surface area contributed by atoms with Crippen molar-refractivity contribution in [2.75, 3.05) is 17.1 Å². The fourth-order valence-electron chi connectivity index (χ4n) is 3.11. The number of carbonyl (C=O) groups is 1. The lowest BCUT2D eigenvalue weighted by Crippen LogP contribution is -2.17. The predicted octanol–water partition coefficient (Wildman–Crippen LogP) is 5.33. The van der Waals surface area contributed by atoms with Crippen molar-refractivity contribution >= 4 is 38.9 Å². The van der Waals surface area contributed by atoms with Crippen LogP contribution in [0.4, 0.5) is 11.4 Å². The van der Waals surface area contributed by atoms with Crippen LogP contribution in [-0.4, -0.2) is 21.4 Å². The Morgan fingerprint density at radius 1 is 0.935 bits per heavy atom. The summed E-state index contributed by atoms with van der Waals surface area (Å²) in [6.07, 6.45) is 0. The van der Waals surface area contributed by atoms with Gasteiger partial charge in [-0.1, -0.05) is 35.4 Å². The van der Waals surface area contributed by atoms with Crippen LogP contribution in [0.15, 0.2) is 59.5 Å². The molecule has 1 amide bonds. The largest absolute Gasteiger partial charge is 0.495 e. The van der Waals surface area contributed by atoms with Gasteiger partial charge < -0.3 is 10.1 Å². The number of carbonyl (C=O) groups excluding carboxylic acids is 1. The minimum atomic E-state index is -3.89. The monoisotopic (exact) mass is 458 g/mol. The van der Waals surface area contributed by atoms with E-state index in [-0.39, 0.29) is 10.5 Å². The van der Waals surface area contributed by atoms with Gasteiger partial charge in [0.25, 0.3) is 15.9 Å². The number of sulfonamides is 1. The van der Waals surface area contributed by atoms with Crippen LogP contribution in [0.1, 0.15) is 27.0 Å². The van der Waals surface area contributed by atoms with Gasteiger partial charge >= 0.3 is 0 Å². The molecule has 0 aliphatic heterocycles. The smallest absolute Gasteiger partial charge is 0.262 e. The van der Waals surface area contributed by atoms with Crippen molar-refractivity contribution in [1.82, 2.24) is 0 Å². The number of aryl methyl sites for hydroxylation is 3. The van der Waals surface area contributed by atoms with E-state index in [0.717, 1.165) is 11.1 Å². The molecule has 0 saturated heterocycles. The molecule has 2 N–H and O–H groups in total. The number of hydrogen-bond acceptors (Lipinski definition) is 4. The topological polar surface area (TPSA) is 84.5 Å². The second-order valence-corrected chi connectivity index (χ2v) is 9.27. The van der Waals surface area contributed by atoms with Gasteiger partial charge in [0, 0.05) is 11.3 Å². The Balaban J connectivity index is 1.88. The van der Waals surface area contributed by atoms with Crippen molar-refractivity contribution in [2.45, 2.75) is 25.7 Å². The molecule has 0 aliphatic rings. The van der Waals surface area contributed by atoms with E-state index in [1.165, 1.54) is 13.2 Å². The molecule has 0 spiro atoms. The van der Waals surface area contributed by atoms with Crippen LogP contribution >= 0.6 is 11.6 Å². The molecule has 0 aromatic heterocycles. The summed E-state index contributed by atoms with van der Waals surface area (Å²) >= 11 is 6.10. The van der Waals surface area contributed by atoms with Crippen LogP contribution in [0.5, 0.6) is 5.75 Å². The molecule has 162 valence electrons. The van der Waals surface area contributed by atoms with Gasteiger partial charge in [0.1, 0.15) is 5.75 Å². The van der Waals surface area contributed by atoms with E-state index in [1.54, 1.807) is 43.3 Å². The average molecular weight is 459 g/mol. The highest BCUT2D eigenvalue weighted by molar-refractivity contribution is 7.92. The first-order valence-corrected chi connectivity index (χ1v) is 11.3. The first-order valence-electron chi connectivity index (χ1n) is 9.46. The zero-order chi connectivity index (χ0) is 22.8. The molecule has 0 heterocycles. The Morgan fingerprint density at radius 3 is 2.32 bits per heavy atom. The summed E-state index contributed by atoms with van der Waals surface area (Å²) in [6.45, 7) is 5.45. The first-order chi connectivity index (χ1) is 14.6. The number of nitrogens with one attached hydrogen (secondary N) is 2. The van der Waals surface area contributed by atoms with Gasteiger partial charge in [-0.2, -0.15) is 0 Å². The normalized spacial score (nSPS) is 11.1. The molecule has 0 bridgehead atoms. The van der Waals surface area contributed by atoms with Gasteiger partial charge in [0.15, 0.2) is 0 Å². The third-order valence-electron chi connectivity index (χ3n) is 4.78. The Bertz CT molecular complexity index is 1260. The summed E-state index contributed by atoms with van der Waals surface area (Å²) in [5, 5.41) is 3.07. The standard InChI is InChI=1S/C23H23ClN2O4S/c1-14-5-9-20(16(3)11-14)26-31(28,29)22-12-17(7-6-15(22)2)23(27)25-18-8-10-21(30-4)19(24)13-18/h5-13,26H,1-4H3,(H,25,27). The number of halogens is 1. The third kappa shape index (κ3) is 5.18. The van der Waals surface area contributed by atoms with Crippen LogP contribution in [0.3, 0.4) is 0 Å². The van der Waals surface area contributed by atoms with E-state index in [4.69, 9.17) is 16.3 Å². The van der Waals surface area contributed by atoms with Gasteiger partial charge in [-0.25, -0.2) is 8.42 Å². The fraction of sp³-hybridized carbons (Fsp3) is 0.174. The number of amides is 1. The van der Waals surface area contributed by atoms with Crippen molar-refractivity contribution in [1.29, 1.82) is 0 Å². The Hall–Kier alpha value is -3.03. The highest BCUT2D eigenvalue weighted by Gasteiger charge is 2.20. The highest BCUT2D eigenvalue weighted by Crippen LogP contribution is 2.28. The first kappa shape index (κ1) is 22.7. The molecule has 3 aromatic rings. The van der Waals surface area contributed by atoms with Gasteiger partial charge in [-0.3, -0.25) is 9.52 Å². The molecule has 8 heteroatoms. The van der Waals surface area contributed by atoms with E-state index < -0.39 is 15.9 Å². The highest BCUT2D eigenvalue weighted by atomic mass is 35.5. The number of rotatable bonds is 6. The van der Waals surface area contributed by atoms with E-state index in [9.17, 15) is 13.2 Å². The average Bonchev–Trinajstić information content (AvgIpc) is 2.70. The summed E-state index contributed by atoms with van der Waals surface area (Å²) in [4.78, 5) is 12.8. The molecule has 6 nitrogen and oxygen atoms in total. The van der Waals surface area contributed by atoms with Crippen LogP contribution in [0, 0.1) is 20.8 Å². The zero-order valence-corrected chi connectivity index (χ0v) is 19.2. The maximum absolute atomic E-state index is 13.0. The Kier molecular flexibility index (Phi) is 6.57. The molecular formula is C23H23ClN2O4S. The zero-order valence-electron chi connectivity index (χ0n) is 17.6. The van der Waals surface area contributed by atoms with Crippen LogP contribution < -0.4 is 14.8 Å². The number of ether oxygens (including phenoxy) is 1. The minimum Gasteiger partial charge on any atom is -0.495 e. The van der Waals surface area contributed by atoms with Crippen molar-refractivity contribution in [3.63, 3.8) is 0 Å². The van der Waals surface area contributed by atoms with Crippen molar-refractivity contribution in [3.05, 3.63) is 81.9 Å². The fourth-order valence-corrected chi connectivity index (χ4v) is 4.77. The van der Waals surface area contributed by atoms with Gasteiger partial charge in [-0.05, 0) is 68.3 Å². The van der Waals surface area contributed by atoms with Crippen molar-refractivity contribution < 1.29 is 17.9 Å². The lowest BCUT2D eigenvalue weighted by Gasteiger charge is -2.14. The number of anilines is 2. The second-order valence-electron chi connectivity index (χ2n) is 7.21. The molecular weight excluding hydrogens is 436 g/mol. The summed E-state index contributed by atoms with van der Waals surface area (Å²) in [7, 11) is -2.39. The molecule has 0 atom stereocenters. The lowest BCUT2D eigenvalue weighted by molar-refractivity contribution is 0.102. The number of benzene rings is 3. The maximum atomic E-state index is 13.0. The van der Waals surface area contributed by atoms with Crippen LogP contribution in [-0.2, 0) is 10.0 Å².